The predicted molar refractivity (Wildman–Crippen MR) is 115 cm³/mol. The monoisotopic (exact) mass is 432 g/mol. The van der Waals surface area contributed by atoms with E-state index >= 15 is 0 Å². The van der Waals surface area contributed by atoms with E-state index in [4.69, 9.17) is 4.74 Å². The third kappa shape index (κ3) is 11.6. The van der Waals surface area contributed by atoms with Gasteiger partial charge in [0.05, 0.1) is 30.5 Å². The first-order chi connectivity index (χ1) is 14.3. The van der Waals surface area contributed by atoms with Crippen molar-refractivity contribution in [1.82, 2.24) is 0 Å². The molecule has 0 amide bonds. The second kappa shape index (κ2) is 16.0. The molecule has 7 heteroatoms. The van der Waals surface area contributed by atoms with Crippen molar-refractivity contribution in [3.8, 4) is 0 Å². The van der Waals surface area contributed by atoms with Crippen LogP contribution < -0.4 is 0 Å². The van der Waals surface area contributed by atoms with Gasteiger partial charge in [0, 0.05) is 6.92 Å². The van der Waals surface area contributed by atoms with Gasteiger partial charge in [0.25, 0.3) is 0 Å². The Morgan fingerprint density at radius 1 is 0.833 bits per heavy atom. The lowest BCUT2D eigenvalue weighted by molar-refractivity contribution is -0.146. The molecule has 7 nitrogen and oxygen atoms in total. The average Bonchev–Trinajstić information content (AvgIpc) is 3.22. The Labute approximate surface area is 181 Å². The lowest BCUT2D eigenvalue weighted by atomic mass is 9.99. The number of ether oxygens (including phenoxy) is 2. The summed E-state index contributed by atoms with van der Waals surface area (Å²) < 4.78 is 10.5. The van der Waals surface area contributed by atoms with Crippen LogP contribution in [0, 0.1) is 0 Å². The maximum atomic E-state index is 10.8. The maximum Gasteiger partial charge on any atom is 0.302 e. The van der Waals surface area contributed by atoms with Gasteiger partial charge in [-0.25, -0.2) is 0 Å². The molecular formula is C23H44O7. The first kappa shape index (κ1) is 27.3. The molecule has 0 radical (unpaired) electrons. The number of unbranched alkanes of at least 4 members (excludes halogenated alkanes) is 7. The summed E-state index contributed by atoms with van der Waals surface area (Å²) in [5.41, 5.74) is 0. The summed E-state index contributed by atoms with van der Waals surface area (Å²) in [5, 5.41) is 40.4. The highest BCUT2D eigenvalue weighted by Crippen LogP contribution is 2.28. The summed E-state index contributed by atoms with van der Waals surface area (Å²) in [6.45, 7) is 3.19. The molecular weight excluding hydrogens is 388 g/mol. The second-order valence-corrected chi connectivity index (χ2v) is 8.70. The van der Waals surface area contributed by atoms with Gasteiger partial charge < -0.3 is 29.9 Å². The Balaban J connectivity index is 2.15. The first-order valence-electron chi connectivity index (χ1n) is 11.9. The Morgan fingerprint density at radius 2 is 1.37 bits per heavy atom. The lowest BCUT2D eigenvalue weighted by Gasteiger charge is -2.23. The standard InChI is InChI=1S/C23H44O7/c1-3-4-5-6-7-8-9-10-11-19(26)22-14-15-23(30-22)20(27)13-12-18(25)21(28)16-29-17(2)24/h18-23,25-28H,3-16H2,1-2H3/t18-,19-,20-,21+,22-,23+/m1/s1. The van der Waals surface area contributed by atoms with Crippen LogP contribution in [0.25, 0.3) is 0 Å². The van der Waals surface area contributed by atoms with Gasteiger partial charge in [-0.05, 0) is 32.1 Å². The minimum atomic E-state index is -1.17. The van der Waals surface area contributed by atoms with Crippen molar-refractivity contribution in [2.75, 3.05) is 6.61 Å². The molecule has 0 aromatic heterocycles. The highest BCUT2D eigenvalue weighted by atomic mass is 16.5. The van der Waals surface area contributed by atoms with E-state index in [0.717, 1.165) is 25.7 Å². The highest BCUT2D eigenvalue weighted by Gasteiger charge is 2.34. The van der Waals surface area contributed by atoms with Crippen LogP contribution in [0.1, 0.15) is 97.3 Å². The van der Waals surface area contributed by atoms with E-state index in [1.165, 1.54) is 45.4 Å². The van der Waals surface area contributed by atoms with Crippen LogP contribution >= 0.6 is 0 Å². The number of hydrogen-bond donors (Lipinski definition) is 4. The number of hydrogen-bond acceptors (Lipinski definition) is 7. The molecule has 0 spiro atoms. The van der Waals surface area contributed by atoms with Gasteiger partial charge in [0.2, 0.25) is 0 Å². The van der Waals surface area contributed by atoms with Gasteiger partial charge >= 0.3 is 5.97 Å². The van der Waals surface area contributed by atoms with Gasteiger partial charge in [0.1, 0.15) is 12.7 Å². The molecule has 0 bridgehead atoms. The van der Waals surface area contributed by atoms with Crippen molar-refractivity contribution in [3.05, 3.63) is 0 Å². The van der Waals surface area contributed by atoms with Crippen LogP contribution in [0.15, 0.2) is 0 Å². The molecule has 1 aliphatic rings. The Kier molecular flexibility index (Phi) is 14.5. The summed E-state index contributed by atoms with van der Waals surface area (Å²) in [7, 11) is 0. The zero-order valence-corrected chi connectivity index (χ0v) is 18.9. The van der Waals surface area contributed by atoms with E-state index in [9.17, 15) is 25.2 Å². The van der Waals surface area contributed by atoms with Gasteiger partial charge in [-0.2, -0.15) is 0 Å². The maximum absolute atomic E-state index is 10.8. The molecule has 30 heavy (non-hydrogen) atoms. The van der Waals surface area contributed by atoms with Crippen LogP contribution in [0.4, 0.5) is 0 Å². The number of aliphatic hydroxyl groups is 4. The molecule has 1 saturated heterocycles. The summed E-state index contributed by atoms with van der Waals surface area (Å²) >= 11 is 0. The molecule has 1 aliphatic heterocycles. The van der Waals surface area contributed by atoms with Crippen molar-refractivity contribution >= 4 is 5.97 Å². The van der Waals surface area contributed by atoms with E-state index in [-0.39, 0.29) is 31.7 Å². The third-order valence-corrected chi connectivity index (χ3v) is 5.96. The van der Waals surface area contributed by atoms with Crippen LogP contribution in [0.3, 0.4) is 0 Å². The van der Waals surface area contributed by atoms with E-state index in [1.54, 1.807) is 0 Å². The predicted octanol–water partition coefficient (Wildman–Crippen LogP) is 2.85. The molecule has 1 heterocycles. The smallest absolute Gasteiger partial charge is 0.302 e. The summed E-state index contributed by atoms with van der Waals surface area (Å²) in [6.07, 6.45) is 8.26. The van der Waals surface area contributed by atoms with Crippen molar-refractivity contribution in [2.24, 2.45) is 0 Å². The topological polar surface area (TPSA) is 116 Å². The van der Waals surface area contributed by atoms with Crippen molar-refractivity contribution in [3.63, 3.8) is 0 Å². The van der Waals surface area contributed by atoms with Crippen molar-refractivity contribution in [2.45, 2.75) is 134 Å². The number of aliphatic hydroxyl groups excluding tert-OH is 4. The zero-order chi connectivity index (χ0) is 22.4. The number of carbonyl (C=O) groups excluding carboxylic acids is 1. The minimum Gasteiger partial charge on any atom is -0.463 e. The second-order valence-electron chi connectivity index (χ2n) is 8.70. The molecule has 1 fully saturated rings. The van der Waals surface area contributed by atoms with E-state index in [0.29, 0.717) is 6.42 Å². The third-order valence-electron chi connectivity index (χ3n) is 5.96. The minimum absolute atomic E-state index is 0.176. The van der Waals surface area contributed by atoms with Crippen LogP contribution in [0.2, 0.25) is 0 Å². The fraction of sp³-hybridized carbons (Fsp3) is 0.957. The van der Waals surface area contributed by atoms with Gasteiger partial charge in [-0.15, -0.1) is 0 Å². The van der Waals surface area contributed by atoms with Crippen molar-refractivity contribution in [1.29, 1.82) is 0 Å². The Morgan fingerprint density at radius 3 is 1.93 bits per heavy atom. The molecule has 0 unspecified atom stereocenters. The molecule has 178 valence electrons. The van der Waals surface area contributed by atoms with Crippen LogP contribution in [-0.4, -0.2) is 69.6 Å². The van der Waals surface area contributed by atoms with Gasteiger partial charge in [-0.1, -0.05) is 58.3 Å². The molecule has 0 aromatic carbocycles. The van der Waals surface area contributed by atoms with Gasteiger partial charge in [0.15, 0.2) is 0 Å². The summed E-state index contributed by atoms with van der Waals surface area (Å²) in [6, 6.07) is 0. The molecule has 6 atom stereocenters. The van der Waals surface area contributed by atoms with Crippen molar-refractivity contribution < 1.29 is 34.7 Å². The highest BCUT2D eigenvalue weighted by molar-refractivity contribution is 5.65. The van der Waals surface area contributed by atoms with E-state index in [2.05, 4.69) is 11.7 Å². The Hall–Kier alpha value is -0.730. The zero-order valence-electron chi connectivity index (χ0n) is 18.9. The first-order valence-corrected chi connectivity index (χ1v) is 11.9. The number of rotatable bonds is 17. The van der Waals surface area contributed by atoms with Crippen LogP contribution in [-0.2, 0) is 14.3 Å². The SMILES string of the molecule is CCCCCCCCCC[C@@H](O)[C@H]1CC[C@@H]([C@H](O)CC[C@@H](O)[C@@H](O)COC(C)=O)O1. The molecule has 4 N–H and O–H groups in total. The fourth-order valence-electron chi connectivity index (χ4n) is 3.96. The van der Waals surface area contributed by atoms with Crippen LogP contribution in [0.5, 0.6) is 0 Å². The molecule has 0 aromatic rings. The average molecular weight is 433 g/mol. The van der Waals surface area contributed by atoms with E-state index < -0.39 is 30.4 Å². The van der Waals surface area contributed by atoms with E-state index in [1.807, 2.05) is 0 Å². The molecule has 1 rings (SSSR count). The van der Waals surface area contributed by atoms with Gasteiger partial charge in [-0.3, -0.25) is 4.79 Å². The number of carbonyl (C=O) groups is 1. The quantitative estimate of drug-likeness (QED) is 0.206. The number of esters is 1. The Bertz CT molecular complexity index is 445. The normalized spacial score (nSPS) is 23.1. The molecule has 0 saturated carbocycles. The fourth-order valence-corrected chi connectivity index (χ4v) is 3.96. The lowest BCUT2D eigenvalue weighted by Crippen LogP contribution is -2.34. The molecule has 0 aliphatic carbocycles. The largest absolute Gasteiger partial charge is 0.463 e. The summed E-state index contributed by atoms with van der Waals surface area (Å²) in [5.74, 6) is -0.516. The summed E-state index contributed by atoms with van der Waals surface area (Å²) in [4.78, 5) is 10.8.